The first-order chi connectivity index (χ1) is 12.2. The van der Waals surface area contributed by atoms with Crippen LogP contribution in [0, 0.1) is 0 Å². The fraction of sp³-hybridized carbons (Fsp3) is 0. The maximum absolute atomic E-state index is 12.3. The largest absolute Gasteiger partial charge is 1.00 e. The second-order valence-electron chi connectivity index (χ2n) is 5.08. The van der Waals surface area contributed by atoms with Gasteiger partial charge in [0.15, 0.2) is 17.3 Å². The molecule has 0 spiro atoms. The van der Waals surface area contributed by atoms with Crippen LogP contribution in [0.1, 0.15) is 0 Å². The summed E-state index contributed by atoms with van der Waals surface area (Å²) in [5, 5.41) is 48.3. The van der Waals surface area contributed by atoms with Crippen molar-refractivity contribution < 1.29 is 94.3 Å². The summed E-state index contributed by atoms with van der Waals surface area (Å²) in [6, 6.07) is 3.64. The molecule has 0 saturated carbocycles. The van der Waals surface area contributed by atoms with Crippen molar-refractivity contribution in [2.75, 3.05) is 0 Å². The van der Waals surface area contributed by atoms with Crippen LogP contribution in [0.25, 0.3) is 22.3 Å². The minimum atomic E-state index is -3.08. The summed E-state index contributed by atoms with van der Waals surface area (Å²) in [7, 11) is 0. The van der Waals surface area contributed by atoms with Gasteiger partial charge in [0.1, 0.15) is 33.8 Å². The van der Waals surface area contributed by atoms with Crippen LogP contribution >= 0.6 is 0 Å². The van der Waals surface area contributed by atoms with Gasteiger partial charge in [-0.25, -0.2) is 4.21 Å². The topological polar surface area (TPSA) is 181 Å². The summed E-state index contributed by atoms with van der Waals surface area (Å²) in [5.41, 5.74) is -1.55. The average Bonchev–Trinajstić information content (AvgIpc) is 2.53. The third kappa shape index (κ3) is 4.06. The van der Waals surface area contributed by atoms with Crippen LogP contribution in [0.3, 0.4) is 0 Å². The normalized spacial score (nSPS) is 11.7. The van der Waals surface area contributed by atoms with E-state index in [9.17, 15) is 39.1 Å². The molecule has 0 radical (unpaired) electrons. The van der Waals surface area contributed by atoms with Gasteiger partial charge < -0.3 is 38.7 Å². The van der Waals surface area contributed by atoms with Crippen LogP contribution in [-0.2, 0) is 11.4 Å². The molecule has 12 heteroatoms. The van der Waals surface area contributed by atoms with Crippen LogP contribution in [0.2, 0.25) is 0 Å². The zero-order valence-electron chi connectivity index (χ0n) is 13.5. The van der Waals surface area contributed by atoms with Crippen molar-refractivity contribution in [3.05, 3.63) is 34.5 Å². The summed E-state index contributed by atoms with van der Waals surface area (Å²) in [6.45, 7) is 0. The molecule has 5 N–H and O–H groups in total. The third-order valence-electron chi connectivity index (χ3n) is 3.41. The molecular formula is C15H9KO10S. The zero-order chi connectivity index (χ0) is 19.2. The fourth-order valence-electron chi connectivity index (χ4n) is 2.33. The second-order valence-corrected chi connectivity index (χ2v) is 5.65. The van der Waals surface area contributed by atoms with Crippen molar-refractivity contribution in [3.8, 4) is 45.8 Å². The Morgan fingerprint density at radius 3 is 2.26 bits per heavy atom. The standard InChI is InChI=1S/C15H10O10S.K/c16-6-3-7(17)11-9(4-6)24-15(14(21)13(11)20)5-1-8(18)12(19)10(2-5)25-26(22)23;/h1-4,16-19,21H,(H,22,23);/q;+1/p-1. The predicted molar refractivity (Wildman–Crippen MR) is 85.8 cm³/mol. The minimum Gasteiger partial charge on any atom is -0.740 e. The molecule has 3 rings (SSSR count). The molecule has 10 nitrogen and oxygen atoms in total. The fourth-order valence-corrected chi connectivity index (χ4v) is 2.61. The number of aromatic hydroxyl groups is 5. The van der Waals surface area contributed by atoms with E-state index in [1.165, 1.54) is 0 Å². The molecule has 0 aliphatic heterocycles. The molecule has 0 aliphatic carbocycles. The van der Waals surface area contributed by atoms with Crippen LogP contribution in [-0.4, -0.2) is 34.3 Å². The third-order valence-corrected chi connectivity index (χ3v) is 3.73. The summed E-state index contributed by atoms with van der Waals surface area (Å²) in [4.78, 5) is 12.3. The van der Waals surface area contributed by atoms with Gasteiger partial charge in [-0.3, -0.25) is 4.79 Å². The van der Waals surface area contributed by atoms with Crippen molar-refractivity contribution in [1.82, 2.24) is 0 Å². The van der Waals surface area contributed by atoms with Gasteiger partial charge in [-0.1, -0.05) is 0 Å². The maximum Gasteiger partial charge on any atom is 1.00 e. The van der Waals surface area contributed by atoms with E-state index in [0.29, 0.717) is 0 Å². The quantitative estimate of drug-likeness (QED) is 0.184. The van der Waals surface area contributed by atoms with E-state index in [1.54, 1.807) is 0 Å². The van der Waals surface area contributed by atoms with Crippen molar-refractivity contribution >= 4 is 22.3 Å². The summed E-state index contributed by atoms with van der Waals surface area (Å²) in [5.74, 6) is -4.93. The van der Waals surface area contributed by atoms with E-state index in [4.69, 9.17) is 4.42 Å². The van der Waals surface area contributed by atoms with Gasteiger partial charge in [0.2, 0.25) is 16.9 Å². The van der Waals surface area contributed by atoms with Gasteiger partial charge in [0.05, 0.1) is 0 Å². The van der Waals surface area contributed by atoms with E-state index < -0.39 is 62.4 Å². The molecule has 0 saturated heterocycles. The first kappa shape index (κ1) is 21.5. The molecule has 0 amide bonds. The van der Waals surface area contributed by atoms with E-state index in [0.717, 1.165) is 24.3 Å². The van der Waals surface area contributed by atoms with Gasteiger partial charge in [-0.2, -0.15) is 0 Å². The molecule has 0 aliphatic rings. The number of hydrogen-bond acceptors (Lipinski definition) is 10. The second kappa shape index (κ2) is 8.06. The Hall–Kier alpha value is -1.80. The Balaban J connectivity index is 0.00000261. The Labute approximate surface area is 195 Å². The van der Waals surface area contributed by atoms with Crippen LogP contribution in [0.5, 0.6) is 34.5 Å². The van der Waals surface area contributed by atoms with E-state index >= 15 is 0 Å². The van der Waals surface area contributed by atoms with Crippen molar-refractivity contribution in [1.29, 1.82) is 0 Å². The first-order valence-electron chi connectivity index (χ1n) is 6.74. The van der Waals surface area contributed by atoms with Crippen molar-refractivity contribution in [2.24, 2.45) is 0 Å². The van der Waals surface area contributed by atoms with Crippen molar-refractivity contribution in [2.45, 2.75) is 0 Å². The molecule has 1 atom stereocenters. The van der Waals surface area contributed by atoms with Crippen LogP contribution < -0.4 is 61.0 Å². The van der Waals surface area contributed by atoms with Gasteiger partial charge >= 0.3 is 51.4 Å². The first-order valence-corrected chi connectivity index (χ1v) is 7.74. The molecule has 3 aromatic rings. The molecule has 1 aromatic heterocycles. The smallest absolute Gasteiger partial charge is 0.740 e. The molecule has 136 valence electrons. The SMILES string of the molecule is O=c1c(O)c(-c2cc(O)c(O)c(OS(=O)[O-])c2)oc2cc(O)cc(O)c12.[K+]. The van der Waals surface area contributed by atoms with Crippen LogP contribution in [0.15, 0.2) is 33.5 Å². The minimum absolute atomic E-state index is 0. The van der Waals surface area contributed by atoms with Gasteiger partial charge in [0, 0.05) is 17.7 Å². The summed E-state index contributed by atoms with van der Waals surface area (Å²) < 4.78 is 30.9. The number of benzene rings is 2. The van der Waals surface area contributed by atoms with Crippen LogP contribution in [0.4, 0.5) is 0 Å². The zero-order valence-corrected chi connectivity index (χ0v) is 17.4. The average molecular weight is 420 g/mol. The number of fused-ring (bicyclic) bond motifs is 1. The number of hydrogen-bond donors (Lipinski definition) is 5. The molecular weight excluding hydrogens is 411 g/mol. The maximum atomic E-state index is 12.3. The number of phenols is 4. The predicted octanol–water partition coefficient (Wildman–Crippen LogP) is -1.84. The van der Waals surface area contributed by atoms with E-state index in [-0.39, 0.29) is 62.5 Å². The summed E-state index contributed by atoms with van der Waals surface area (Å²) in [6.07, 6.45) is 0. The van der Waals surface area contributed by atoms with Crippen molar-refractivity contribution in [3.63, 3.8) is 0 Å². The molecule has 0 fully saturated rings. The van der Waals surface area contributed by atoms with E-state index in [1.807, 2.05) is 0 Å². The Morgan fingerprint density at radius 1 is 0.963 bits per heavy atom. The van der Waals surface area contributed by atoms with E-state index in [2.05, 4.69) is 4.18 Å². The molecule has 1 unspecified atom stereocenters. The summed E-state index contributed by atoms with van der Waals surface area (Å²) >= 11 is -3.08. The number of phenolic OH excluding ortho intramolecular Hbond substituents is 4. The van der Waals surface area contributed by atoms with Gasteiger partial charge in [-0.15, -0.1) is 0 Å². The molecule has 0 bridgehead atoms. The molecule has 1 heterocycles. The Morgan fingerprint density at radius 2 is 1.63 bits per heavy atom. The number of rotatable bonds is 3. The molecule has 2 aromatic carbocycles. The van der Waals surface area contributed by atoms with Gasteiger partial charge in [-0.05, 0) is 12.1 Å². The Bertz CT molecular complexity index is 1120. The van der Waals surface area contributed by atoms with Gasteiger partial charge in [0.25, 0.3) is 0 Å². The Kier molecular flexibility index (Phi) is 6.42. The molecule has 27 heavy (non-hydrogen) atoms. The monoisotopic (exact) mass is 420 g/mol.